The molecular formula is C48H39N3O2. The standard InChI is InChI=1S/C48H39N3O2/c1-48(2,3)30-21-25-42-36(27-30)33-17-11-16-31(45(33)52-42)29-20-23-39-37(26-29)43-40(24-22-34-32-14-8-10-19-41(32)53-46(34)43)51(39)47-49-38-18-9-7-15-35(38)44(50-47)28-12-5-4-6-13-28/h4-6,8,10,12-16,18-26,30H,7,9,11,17,27H2,1-3H3. The predicted molar refractivity (Wildman–Crippen MR) is 216 cm³/mol. The number of nitrogens with zero attached hydrogens (tertiary/aromatic N) is 3. The summed E-state index contributed by atoms with van der Waals surface area (Å²) in [4.78, 5) is 10.6. The van der Waals surface area contributed by atoms with E-state index in [2.05, 4.69) is 135 Å². The van der Waals surface area contributed by atoms with Crippen LogP contribution in [0, 0.1) is 11.3 Å². The maximum absolute atomic E-state index is 6.74. The molecule has 1 atom stereocenters. The first kappa shape index (κ1) is 30.7. The van der Waals surface area contributed by atoms with Crippen LogP contribution >= 0.6 is 0 Å². The van der Waals surface area contributed by atoms with Crippen molar-refractivity contribution in [3.63, 3.8) is 0 Å². The number of para-hydroxylation sites is 1. The molecule has 5 heteroatoms. The minimum absolute atomic E-state index is 0.201. The molecule has 0 radical (unpaired) electrons. The molecule has 1 unspecified atom stereocenters. The van der Waals surface area contributed by atoms with Gasteiger partial charge in [-0.05, 0) is 85.4 Å². The number of allylic oxidation sites excluding steroid dienone is 2. The van der Waals surface area contributed by atoms with Crippen LogP contribution in [0.2, 0.25) is 0 Å². The van der Waals surface area contributed by atoms with E-state index >= 15 is 0 Å². The van der Waals surface area contributed by atoms with Crippen LogP contribution in [0.25, 0.3) is 84.8 Å². The third-order valence-corrected chi connectivity index (χ3v) is 11.8. The highest BCUT2D eigenvalue weighted by Gasteiger charge is 2.32. The summed E-state index contributed by atoms with van der Waals surface area (Å²) in [7, 11) is 0. The maximum atomic E-state index is 6.74. The quantitative estimate of drug-likeness (QED) is 0.185. The summed E-state index contributed by atoms with van der Waals surface area (Å²) in [6.45, 7) is 7.01. The minimum atomic E-state index is 0.201. The van der Waals surface area contributed by atoms with Crippen LogP contribution in [0.3, 0.4) is 0 Å². The lowest BCUT2D eigenvalue weighted by Gasteiger charge is -2.30. The van der Waals surface area contributed by atoms with Gasteiger partial charge in [-0.15, -0.1) is 0 Å². The van der Waals surface area contributed by atoms with E-state index in [0.717, 1.165) is 115 Å². The highest BCUT2D eigenvalue weighted by Crippen LogP contribution is 2.45. The smallest absolute Gasteiger partial charge is 0.235 e. The van der Waals surface area contributed by atoms with Crippen LogP contribution in [0.5, 0.6) is 0 Å². The van der Waals surface area contributed by atoms with Gasteiger partial charge in [0.2, 0.25) is 5.95 Å². The largest absolute Gasteiger partial charge is 0.456 e. The van der Waals surface area contributed by atoms with Crippen molar-refractivity contribution in [2.75, 3.05) is 0 Å². The lowest BCUT2D eigenvalue weighted by Crippen LogP contribution is -2.34. The van der Waals surface area contributed by atoms with Gasteiger partial charge >= 0.3 is 0 Å². The van der Waals surface area contributed by atoms with Crippen LogP contribution in [-0.4, -0.2) is 14.5 Å². The van der Waals surface area contributed by atoms with E-state index in [-0.39, 0.29) is 5.41 Å². The molecule has 4 aromatic heterocycles. The van der Waals surface area contributed by atoms with Crippen LogP contribution in [0.4, 0.5) is 0 Å². The summed E-state index contributed by atoms with van der Waals surface area (Å²) in [5, 5.41) is 6.50. The van der Waals surface area contributed by atoms with E-state index in [4.69, 9.17) is 18.8 Å². The van der Waals surface area contributed by atoms with Crippen molar-refractivity contribution < 1.29 is 8.83 Å². The zero-order chi connectivity index (χ0) is 35.4. The average molecular weight is 690 g/mol. The Kier molecular flexibility index (Phi) is 6.53. The zero-order valence-corrected chi connectivity index (χ0v) is 30.2. The van der Waals surface area contributed by atoms with Crippen LogP contribution in [-0.2, 0) is 12.8 Å². The van der Waals surface area contributed by atoms with Crippen molar-refractivity contribution >= 4 is 67.5 Å². The Morgan fingerprint density at radius 3 is 2.43 bits per heavy atom. The first-order valence-electron chi connectivity index (χ1n) is 19.0. The van der Waals surface area contributed by atoms with Gasteiger partial charge in [0.15, 0.2) is 0 Å². The van der Waals surface area contributed by atoms with Crippen molar-refractivity contribution in [2.45, 2.75) is 52.9 Å². The molecule has 0 saturated carbocycles. The van der Waals surface area contributed by atoms with Crippen molar-refractivity contribution in [2.24, 2.45) is 11.3 Å². The molecule has 3 aliphatic carbocycles. The Labute approximate surface area is 307 Å². The number of benzene rings is 4. The fraction of sp³-hybridized carbons (Fsp3) is 0.208. The molecular weight excluding hydrogens is 651 g/mol. The first-order valence-corrected chi connectivity index (χ1v) is 19.0. The molecule has 4 heterocycles. The lowest BCUT2D eigenvalue weighted by atomic mass is 9.74. The highest BCUT2D eigenvalue weighted by atomic mass is 16.3. The SMILES string of the molecule is CC(C)(C)C1C=Cc2oc3c(c2C1)CCC=C3c1ccc2c(c1)c1c3oc4ccccc4c3ccc1n2-c1nc(-c2ccccc2)c2c(n1)=CCCC=2. The van der Waals surface area contributed by atoms with Gasteiger partial charge in [0, 0.05) is 43.6 Å². The molecule has 0 bridgehead atoms. The minimum Gasteiger partial charge on any atom is -0.456 e. The Morgan fingerprint density at radius 2 is 1.55 bits per heavy atom. The first-order chi connectivity index (χ1) is 25.9. The summed E-state index contributed by atoms with van der Waals surface area (Å²) < 4.78 is 15.7. The number of aromatic nitrogens is 3. The Bertz CT molecular complexity index is 3020. The molecule has 5 nitrogen and oxygen atoms in total. The van der Waals surface area contributed by atoms with E-state index in [1.165, 1.54) is 16.7 Å². The molecule has 0 aliphatic heterocycles. The predicted octanol–water partition coefficient (Wildman–Crippen LogP) is 10.7. The topological polar surface area (TPSA) is 57.0 Å². The van der Waals surface area contributed by atoms with Crippen LogP contribution < -0.4 is 10.6 Å². The van der Waals surface area contributed by atoms with Crippen LogP contribution in [0.1, 0.15) is 68.2 Å². The average Bonchev–Trinajstić information content (AvgIpc) is 3.86. The van der Waals surface area contributed by atoms with Gasteiger partial charge in [0.05, 0.1) is 27.5 Å². The molecule has 0 amide bonds. The summed E-state index contributed by atoms with van der Waals surface area (Å²) >= 11 is 0. The summed E-state index contributed by atoms with van der Waals surface area (Å²) in [5.41, 5.74) is 11.2. The number of furan rings is 2. The molecule has 0 saturated heterocycles. The molecule has 0 spiro atoms. The van der Waals surface area contributed by atoms with Crippen molar-refractivity contribution in [1.82, 2.24) is 14.5 Å². The third-order valence-electron chi connectivity index (χ3n) is 11.8. The summed E-state index contributed by atoms with van der Waals surface area (Å²) in [6, 6.07) is 30.1. The van der Waals surface area contributed by atoms with Crippen molar-refractivity contribution in [1.29, 1.82) is 0 Å². The highest BCUT2D eigenvalue weighted by molar-refractivity contribution is 6.24. The second-order valence-corrected chi connectivity index (χ2v) is 16.0. The second kappa shape index (κ2) is 11.3. The number of rotatable bonds is 3. The van der Waals surface area contributed by atoms with E-state index in [0.29, 0.717) is 11.9 Å². The third kappa shape index (κ3) is 4.62. The number of hydrogen-bond acceptors (Lipinski definition) is 4. The lowest BCUT2D eigenvalue weighted by molar-refractivity contribution is 0.289. The molecule has 11 rings (SSSR count). The zero-order valence-electron chi connectivity index (χ0n) is 30.2. The van der Waals surface area contributed by atoms with Gasteiger partial charge in [-0.3, -0.25) is 4.57 Å². The molecule has 3 aliphatic rings. The van der Waals surface area contributed by atoms with Gasteiger partial charge in [-0.2, -0.15) is 0 Å². The van der Waals surface area contributed by atoms with Gasteiger partial charge in [0.1, 0.15) is 22.7 Å². The molecule has 53 heavy (non-hydrogen) atoms. The Hall–Kier alpha value is -5.94. The maximum Gasteiger partial charge on any atom is 0.235 e. The van der Waals surface area contributed by atoms with E-state index in [9.17, 15) is 0 Å². The second-order valence-electron chi connectivity index (χ2n) is 16.0. The summed E-state index contributed by atoms with van der Waals surface area (Å²) in [6.07, 6.45) is 16.5. The molecule has 0 N–H and O–H groups in total. The molecule has 258 valence electrons. The van der Waals surface area contributed by atoms with Crippen molar-refractivity contribution in [3.8, 4) is 17.2 Å². The monoisotopic (exact) mass is 689 g/mol. The molecule has 4 aromatic carbocycles. The van der Waals surface area contributed by atoms with Gasteiger partial charge in [-0.1, -0.05) is 99.7 Å². The van der Waals surface area contributed by atoms with Gasteiger partial charge in [-0.25, -0.2) is 9.97 Å². The summed E-state index contributed by atoms with van der Waals surface area (Å²) in [5.74, 6) is 3.20. The van der Waals surface area contributed by atoms with E-state index in [1.54, 1.807) is 0 Å². The molecule has 8 aromatic rings. The normalized spacial score (nSPS) is 16.7. The number of hydrogen-bond donors (Lipinski definition) is 0. The van der Waals surface area contributed by atoms with Gasteiger partial charge < -0.3 is 8.83 Å². The number of fused-ring (bicyclic) bond motifs is 11. The van der Waals surface area contributed by atoms with Crippen molar-refractivity contribution in [3.05, 3.63) is 136 Å². The fourth-order valence-electron chi connectivity index (χ4n) is 9.01. The van der Waals surface area contributed by atoms with Crippen LogP contribution in [0.15, 0.2) is 106 Å². The van der Waals surface area contributed by atoms with E-state index in [1.807, 2.05) is 6.07 Å². The van der Waals surface area contributed by atoms with Gasteiger partial charge in [0.25, 0.3) is 0 Å². The van der Waals surface area contributed by atoms with E-state index < -0.39 is 0 Å². The molecule has 0 fully saturated rings. The Morgan fingerprint density at radius 1 is 0.717 bits per heavy atom. The fourth-order valence-corrected chi connectivity index (χ4v) is 9.01. The Balaban J connectivity index is 1.17.